The predicted molar refractivity (Wildman–Crippen MR) is 73.7 cm³/mol. The van der Waals surface area contributed by atoms with Crippen molar-refractivity contribution in [3.63, 3.8) is 0 Å². The molecule has 1 aliphatic rings. The van der Waals surface area contributed by atoms with Gasteiger partial charge in [-0.1, -0.05) is 18.2 Å². The highest BCUT2D eigenvalue weighted by Crippen LogP contribution is 2.31. The normalized spacial score (nSPS) is 17.4. The van der Waals surface area contributed by atoms with Crippen LogP contribution in [0.1, 0.15) is 51.2 Å². The Morgan fingerprint density at radius 2 is 2.06 bits per heavy atom. The third-order valence-corrected chi connectivity index (χ3v) is 3.22. The fraction of sp³-hybridized carbons (Fsp3) is 0.500. The number of benzene rings is 1. The number of hydrogen-bond donors (Lipinski definition) is 1. The Labute approximate surface area is 109 Å². The van der Waals surface area contributed by atoms with E-state index in [0.717, 1.165) is 29.7 Å². The summed E-state index contributed by atoms with van der Waals surface area (Å²) in [5, 5.41) is 10.4. The van der Waals surface area contributed by atoms with Gasteiger partial charge in [0.25, 0.3) is 0 Å². The smallest absolute Gasteiger partial charge is 0.120 e. The highest BCUT2D eigenvalue weighted by molar-refractivity contribution is 5.34. The molecule has 0 saturated heterocycles. The molecule has 0 aliphatic heterocycles. The molecule has 1 aliphatic carbocycles. The van der Waals surface area contributed by atoms with Gasteiger partial charge in [0.05, 0.1) is 6.10 Å². The Morgan fingerprint density at radius 3 is 2.72 bits per heavy atom. The summed E-state index contributed by atoms with van der Waals surface area (Å²) in [5.74, 6) is 0.831. The summed E-state index contributed by atoms with van der Waals surface area (Å²) in [6, 6.07) is 7.79. The van der Waals surface area contributed by atoms with Gasteiger partial charge in [-0.2, -0.15) is 0 Å². The van der Waals surface area contributed by atoms with E-state index in [4.69, 9.17) is 4.74 Å². The van der Waals surface area contributed by atoms with Crippen LogP contribution in [0.15, 0.2) is 35.9 Å². The first-order valence-electron chi connectivity index (χ1n) is 6.80. The zero-order valence-corrected chi connectivity index (χ0v) is 11.2. The van der Waals surface area contributed by atoms with Gasteiger partial charge in [0, 0.05) is 0 Å². The van der Waals surface area contributed by atoms with E-state index in [1.165, 1.54) is 12.8 Å². The third-order valence-electron chi connectivity index (χ3n) is 3.22. The number of aliphatic hydroxyl groups is 1. The van der Waals surface area contributed by atoms with E-state index in [0.29, 0.717) is 0 Å². The van der Waals surface area contributed by atoms with Crippen molar-refractivity contribution in [2.24, 2.45) is 0 Å². The Morgan fingerprint density at radius 1 is 1.22 bits per heavy atom. The molecule has 18 heavy (non-hydrogen) atoms. The van der Waals surface area contributed by atoms with Crippen molar-refractivity contribution in [3.05, 3.63) is 41.5 Å². The first-order chi connectivity index (χ1) is 8.66. The van der Waals surface area contributed by atoms with Crippen molar-refractivity contribution in [2.75, 3.05) is 0 Å². The van der Waals surface area contributed by atoms with Gasteiger partial charge >= 0.3 is 0 Å². The predicted octanol–water partition coefficient (Wildman–Crippen LogP) is 4.01. The molecule has 0 fully saturated rings. The van der Waals surface area contributed by atoms with Crippen LogP contribution >= 0.6 is 0 Å². The molecule has 2 nitrogen and oxygen atoms in total. The summed E-state index contributed by atoms with van der Waals surface area (Å²) in [6.45, 7) is 4.01. The highest BCUT2D eigenvalue weighted by atomic mass is 16.5. The molecule has 1 atom stereocenters. The molecule has 0 bridgehead atoms. The lowest BCUT2D eigenvalue weighted by Gasteiger charge is -2.20. The highest BCUT2D eigenvalue weighted by Gasteiger charge is 2.15. The van der Waals surface area contributed by atoms with Gasteiger partial charge in [-0.05, 0) is 62.8 Å². The summed E-state index contributed by atoms with van der Waals surface area (Å²) in [6.07, 6.45) is 6.40. The standard InChI is InChI=1S/C16H22O2/c1-12(2)18-15-10-6-9-14(11-15)16(17)13-7-4-3-5-8-13/h6-7,9-12,16-17H,3-5,8H2,1-2H3. The van der Waals surface area contributed by atoms with Gasteiger partial charge in [0.2, 0.25) is 0 Å². The van der Waals surface area contributed by atoms with Crippen LogP contribution in [-0.4, -0.2) is 11.2 Å². The lowest BCUT2D eigenvalue weighted by Crippen LogP contribution is -2.08. The van der Waals surface area contributed by atoms with Crippen LogP contribution in [0.2, 0.25) is 0 Å². The van der Waals surface area contributed by atoms with Gasteiger partial charge in [0.15, 0.2) is 0 Å². The van der Waals surface area contributed by atoms with E-state index in [1.807, 2.05) is 38.1 Å². The van der Waals surface area contributed by atoms with E-state index in [-0.39, 0.29) is 6.10 Å². The molecule has 0 aromatic heterocycles. The van der Waals surface area contributed by atoms with Crippen LogP contribution < -0.4 is 4.74 Å². The Kier molecular flexibility index (Phi) is 4.43. The summed E-state index contributed by atoms with van der Waals surface area (Å²) < 4.78 is 5.66. The maximum Gasteiger partial charge on any atom is 0.120 e. The molecule has 0 heterocycles. The second kappa shape index (κ2) is 6.05. The molecule has 0 amide bonds. The number of allylic oxidation sites excluding steroid dienone is 1. The van der Waals surface area contributed by atoms with E-state index >= 15 is 0 Å². The van der Waals surface area contributed by atoms with Crippen molar-refractivity contribution < 1.29 is 9.84 Å². The Hall–Kier alpha value is -1.28. The van der Waals surface area contributed by atoms with E-state index < -0.39 is 6.10 Å². The van der Waals surface area contributed by atoms with Crippen molar-refractivity contribution in [1.29, 1.82) is 0 Å². The second-order valence-electron chi connectivity index (χ2n) is 5.17. The molecule has 2 rings (SSSR count). The van der Waals surface area contributed by atoms with E-state index in [9.17, 15) is 5.11 Å². The summed E-state index contributed by atoms with van der Waals surface area (Å²) >= 11 is 0. The van der Waals surface area contributed by atoms with Gasteiger partial charge in [-0.25, -0.2) is 0 Å². The topological polar surface area (TPSA) is 29.5 Å². The Balaban J connectivity index is 2.14. The van der Waals surface area contributed by atoms with Gasteiger partial charge in [0.1, 0.15) is 11.9 Å². The second-order valence-corrected chi connectivity index (χ2v) is 5.17. The number of rotatable bonds is 4. The fourth-order valence-electron chi connectivity index (χ4n) is 2.36. The van der Waals surface area contributed by atoms with Crippen molar-refractivity contribution >= 4 is 0 Å². The van der Waals surface area contributed by atoms with E-state index in [1.54, 1.807) is 0 Å². The molecule has 98 valence electrons. The zero-order valence-electron chi connectivity index (χ0n) is 11.2. The van der Waals surface area contributed by atoms with Crippen LogP contribution in [-0.2, 0) is 0 Å². The lowest BCUT2D eigenvalue weighted by atomic mass is 9.92. The first kappa shape index (κ1) is 13.2. The molecule has 0 spiro atoms. The molecular weight excluding hydrogens is 224 g/mol. The van der Waals surface area contributed by atoms with Crippen LogP contribution in [0.3, 0.4) is 0 Å². The van der Waals surface area contributed by atoms with Crippen molar-refractivity contribution in [1.82, 2.24) is 0 Å². The van der Waals surface area contributed by atoms with E-state index in [2.05, 4.69) is 6.08 Å². The maximum absolute atomic E-state index is 10.4. The molecular formula is C16H22O2. The summed E-state index contributed by atoms with van der Waals surface area (Å²) in [5.41, 5.74) is 2.09. The minimum absolute atomic E-state index is 0.159. The number of hydrogen-bond acceptors (Lipinski definition) is 2. The van der Waals surface area contributed by atoms with Crippen molar-refractivity contribution in [2.45, 2.75) is 51.7 Å². The molecule has 0 radical (unpaired) electrons. The number of aliphatic hydroxyl groups excluding tert-OH is 1. The summed E-state index contributed by atoms with van der Waals surface area (Å²) in [4.78, 5) is 0. The zero-order chi connectivity index (χ0) is 13.0. The quantitative estimate of drug-likeness (QED) is 0.813. The minimum Gasteiger partial charge on any atom is -0.491 e. The first-order valence-corrected chi connectivity index (χ1v) is 6.80. The average molecular weight is 246 g/mol. The molecule has 1 unspecified atom stereocenters. The Bertz CT molecular complexity index is 421. The van der Waals surface area contributed by atoms with Crippen LogP contribution in [0.25, 0.3) is 0 Å². The molecule has 1 aromatic carbocycles. The van der Waals surface area contributed by atoms with Crippen LogP contribution in [0, 0.1) is 0 Å². The number of ether oxygens (including phenoxy) is 1. The minimum atomic E-state index is -0.471. The van der Waals surface area contributed by atoms with Gasteiger partial charge < -0.3 is 9.84 Å². The maximum atomic E-state index is 10.4. The van der Waals surface area contributed by atoms with Crippen LogP contribution in [0.5, 0.6) is 5.75 Å². The third kappa shape index (κ3) is 3.36. The van der Waals surface area contributed by atoms with Gasteiger partial charge in [-0.15, -0.1) is 0 Å². The summed E-state index contributed by atoms with van der Waals surface area (Å²) in [7, 11) is 0. The fourth-order valence-corrected chi connectivity index (χ4v) is 2.36. The lowest BCUT2D eigenvalue weighted by molar-refractivity contribution is 0.205. The molecule has 0 saturated carbocycles. The van der Waals surface area contributed by atoms with Crippen molar-refractivity contribution in [3.8, 4) is 5.75 Å². The average Bonchev–Trinajstić information content (AvgIpc) is 2.38. The molecule has 1 N–H and O–H groups in total. The molecule has 1 aromatic rings. The monoisotopic (exact) mass is 246 g/mol. The van der Waals surface area contributed by atoms with Gasteiger partial charge in [-0.3, -0.25) is 0 Å². The molecule has 2 heteroatoms. The van der Waals surface area contributed by atoms with Crippen LogP contribution in [0.4, 0.5) is 0 Å². The largest absolute Gasteiger partial charge is 0.491 e. The SMILES string of the molecule is CC(C)Oc1cccc(C(O)C2=CCCCC2)c1.